The van der Waals surface area contributed by atoms with Crippen molar-refractivity contribution in [2.75, 3.05) is 34.5 Å². The molecule has 0 saturated carbocycles. The van der Waals surface area contributed by atoms with Gasteiger partial charge in [-0.1, -0.05) is 6.07 Å². The van der Waals surface area contributed by atoms with Crippen molar-refractivity contribution in [2.24, 2.45) is 0 Å². The summed E-state index contributed by atoms with van der Waals surface area (Å²) in [4.78, 5) is 4.16. The molecule has 0 radical (unpaired) electrons. The zero-order chi connectivity index (χ0) is 13.2. The number of hydrogen-bond donors (Lipinski definition) is 3. The minimum Gasteiger partial charge on any atom is -0.178 e. The number of hydrogen-bond acceptors (Lipinski definition) is 6. The molecule has 0 N–H and O–H groups in total. The second-order valence-corrected chi connectivity index (χ2v) is 8.02. The number of thiol groups is 3. The molecule has 0 unspecified atom stereocenters. The Balaban J connectivity index is 2.85. The van der Waals surface area contributed by atoms with E-state index in [2.05, 4.69) is 56.1 Å². The second kappa shape index (κ2) is 11.0. The highest BCUT2D eigenvalue weighted by Crippen LogP contribution is 2.38. The lowest BCUT2D eigenvalue weighted by atomic mass is 10.4. The van der Waals surface area contributed by atoms with Gasteiger partial charge in [-0.05, 0) is 29.4 Å². The maximum Gasteiger partial charge on any atom is 0.0344 e. The van der Waals surface area contributed by atoms with E-state index in [4.69, 9.17) is 0 Å². The van der Waals surface area contributed by atoms with Crippen LogP contribution in [0.25, 0.3) is 0 Å². The van der Waals surface area contributed by atoms with E-state index in [-0.39, 0.29) is 0 Å². The highest BCUT2D eigenvalue weighted by Gasteiger charge is 2.09. The quantitative estimate of drug-likeness (QED) is 0.433. The van der Waals surface area contributed by atoms with Crippen molar-refractivity contribution in [3.8, 4) is 0 Å². The van der Waals surface area contributed by atoms with Crippen LogP contribution in [0.15, 0.2) is 32.9 Å². The molecule has 0 saturated heterocycles. The fourth-order valence-electron chi connectivity index (χ4n) is 1.32. The van der Waals surface area contributed by atoms with Crippen molar-refractivity contribution in [1.82, 2.24) is 0 Å². The zero-order valence-corrected chi connectivity index (χ0v) is 15.2. The molecule has 0 atom stereocenters. The molecule has 1 aromatic carbocycles. The summed E-state index contributed by atoms with van der Waals surface area (Å²) in [5, 5.41) is 0. The Hall–Kier alpha value is 1.32. The van der Waals surface area contributed by atoms with Crippen LogP contribution in [-0.4, -0.2) is 34.5 Å². The second-order valence-electron chi connectivity index (χ2n) is 3.30. The zero-order valence-electron chi connectivity index (χ0n) is 10.0. The molecule has 0 nitrogen and oxygen atoms in total. The van der Waals surface area contributed by atoms with Crippen molar-refractivity contribution in [3.63, 3.8) is 0 Å². The molecule has 0 spiro atoms. The van der Waals surface area contributed by atoms with E-state index in [1.54, 1.807) is 0 Å². The lowest BCUT2D eigenvalue weighted by Crippen LogP contribution is -1.90. The van der Waals surface area contributed by atoms with Crippen LogP contribution in [0.1, 0.15) is 0 Å². The highest BCUT2D eigenvalue weighted by atomic mass is 32.2. The molecule has 1 aromatic rings. The van der Waals surface area contributed by atoms with Gasteiger partial charge < -0.3 is 0 Å². The van der Waals surface area contributed by atoms with E-state index in [1.165, 1.54) is 14.7 Å². The van der Waals surface area contributed by atoms with Crippen LogP contribution < -0.4 is 0 Å². The highest BCUT2D eigenvalue weighted by molar-refractivity contribution is 8.04. The van der Waals surface area contributed by atoms with Gasteiger partial charge in [0.25, 0.3) is 0 Å². The molecule has 0 aliphatic carbocycles. The molecule has 0 aromatic heterocycles. The Morgan fingerprint density at radius 1 is 0.722 bits per heavy atom. The first-order valence-electron chi connectivity index (χ1n) is 5.67. The number of benzene rings is 1. The molecule has 0 heterocycles. The van der Waals surface area contributed by atoms with E-state index >= 15 is 0 Å². The van der Waals surface area contributed by atoms with Gasteiger partial charge in [-0.25, -0.2) is 0 Å². The van der Waals surface area contributed by atoms with E-state index < -0.39 is 0 Å². The Kier molecular flexibility index (Phi) is 10.6. The molecule has 102 valence electrons. The Morgan fingerprint density at radius 3 is 1.61 bits per heavy atom. The molecule has 1 rings (SSSR count). The van der Waals surface area contributed by atoms with Crippen LogP contribution in [0.5, 0.6) is 0 Å². The standard InChI is InChI=1S/C12H18S6/c13-4-7-16-10-2-1-3-11(17-8-5-14)12(10)18-9-6-15/h1-3,13-15H,4-9H2. The Labute approximate surface area is 139 Å². The maximum atomic E-state index is 4.30. The largest absolute Gasteiger partial charge is 0.178 e. The number of rotatable bonds is 9. The molecule has 18 heavy (non-hydrogen) atoms. The van der Waals surface area contributed by atoms with E-state index in [9.17, 15) is 0 Å². The molecule has 0 amide bonds. The van der Waals surface area contributed by atoms with Crippen LogP contribution in [0, 0.1) is 0 Å². The molecule has 0 aliphatic heterocycles. The van der Waals surface area contributed by atoms with Crippen LogP contribution in [-0.2, 0) is 0 Å². The lowest BCUT2D eigenvalue weighted by Gasteiger charge is -2.13. The van der Waals surface area contributed by atoms with Gasteiger partial charge >= 0.3 is 0 Å². The van der Waals surface area contributed by atoms with E-state index in [1.807, 2.05) is 35.3 Å². The van der Waals surface area contributed by atoms with Gasteiger partial charge in [0.2, 0.25) is 0 Å². The fourth-order valence-corrected chi connectivity index (χ4v) is 5.09. The fraction of sp³-hybridized carbons (Fsp3) is 0.500. The SMILES string of the molecule is SCCSc1cccc(SCCS)c1SCCS. The third-order valence-corrected chi connectivity index (χ3v) is 7.07. The summed E-state index contributed by atoms with van der Waals surface area (Å²) in [7, 11) is 0. The summed E-state index contributed by atoms with van der Waals surface area (Å²) in [6.07, 6.45) is 0. The summed E-state index contributed by atoms with van der Waals surface area (Å²) in [5.74, 6) is 5.89. The Bertz CT molecular complexity index is 315. The number of thioether (sulfide) groups is 3. The Morgan fingerprint density at radius 2 is 1.17 bits per heavy atom. The van der Waals surface area contributed by atoms with Gasteiger partial charge in [0.1, 0.15) is 0 Å². The van der Waals surface area contributed by atoms with Gasteiger partial charge in [-0.15, -0.1) is 35.3 Å². The van der Waals surface area contributed by atoms with Crippen molar-refractivity contribution in [1.29, 1.82) is 0 Å². The molecular weight excluding hydrogens is 337 g/mol. The van der Waals surface area contributed by atoms with Gasteiger partial charge in [0, 0.05) is 31.9 Å². The van der Waals surface area contributed by atoms with Crippen molar-refractivity contribution < 1.29 is 0 Å². The molecule has 0 fully saturated rings. The molecule has 6 heteroatoms. The van der Waals surface area contributed by atoms with E-state index in [0.29, 0.717) is 0 Å². The third-order valence-electron chi connectivity index (χ3n) is 1.98. The summed E-state index contributed by atoms with van der Waals surface area (Å²) < 4.78 is 0. The molecule has 0 bridgehead atoms. The first kappa shape index (κ1) is 17.4. The predicted molar refractivity (Wildman–Crippen MR) is 100 cm³/mol. The van der Waals surface area contributed by atoms with Crippen molar-refractivity contribution >= 4 is 73.2 Å². The molecular formula is C12H18S6. The van der Waals surface area contributed by atoms with Crippen LogP contribution in [0.2, 0.25) is 0 Å². The van der Waals surface area contributed by atoms with Crippen LogP contribution in [0.3, 0.4) is 0 Å². The maximum absolute atomic E-state index is 4.30. The summed E-state index contributed by atoms with van der Waals surface area (Å²) in [5.41, 5.74) is 0. The van der Waals surface area contributed by atoms with Gasteiger partial charge in [0.05, 0.1) is 0 Å². The van der Waals surface area contributed by atoms with Crippen molar-refractivity contribution in [2.45, 2.75) is 14.7 Å². The average Bonchev–Trinajstić information content (AvgIpc) is 2.41. The monoisotopic (exact) mass is 354 g/mol. The first-order valence-corrected chi connectivity index (χ1v) is 10.5. The minimum atomic E-state index is 0.910. The lowest BCUT2D eigenvalue weighted by molar-refractivity contribution is 1.11. The summed E-state index contributed by atoms with van der Waals surface area (Å²) >= 11 is 18.6. The smallest absolute Gasteiger partial charge is 0.0344 e. The van der Waals surface area contributed by atoms with Crippen LogP contribution in [0.4, 0.5) is 0 Å². The first-order chi connectivity index (χ1) is 8.83. The van der Waals surface area contributed by atoms with Gasteiger partial charge in [-0.2, -0.15) is 37.9 Å². The van der Waals surface area contributed by atoms with Gasteiger partial charge in [-0.3, -0.25) is 0 Å². The topological polar surface area (TPSA) is 0 Å². The predicted octanol–water partition coefficient (Wildman–Crippen LogP) is 4.75. The minimum absolute atomic E-state index is 0.910. The van der Waals surface area contributed by atoms with E-state index in [0.717, 1.165) is 34.5 Å². The summed E-state index contributed by atoms with van der Waals surface area (Å²) in [6, 6.07) is 6.56. The average molecular weight is 355 g/mol. The van der Waals surface area contributed by atoms with Crippen LogP contribution >= 0.6 is 73.2 Å². The van der Waals surface area contributed by atoms with Gasteiger partial charge in [0.15, 0.2) is 0 Å². The normalized spacial score (nSPS) is 10.8. The third kappa shape index (κ3) is 6.18. The molecule has 0 aliphatic rings. The van der Waals surface area contributed by atoms with Crippen molar-refractivity contribution in [3.05, 3.63) is 18.2 Å². The summed E-state index contributed by atoms with van der Waals surface area (Å²) in [6.45, 7) is 0.